The number of ether oxygens (including phenoxy) is 1. The molecule has 2 rings (SSSR count). The maximum atomic E-state index is 10.8. The van der Waals surface area contributed by atoms with Crippen LogP contribution in [0.1, 0.15) is 37.8 Å². The van der Waals surface area contributed by atoms with Crippen molar-refractivity contribution in [2.45, 2.75) is 32.2 Å². The summed E-state index contributed by atoms with van der Waals surface area (Å²) in [4.78, 5) is 10.8. The lowest BCUT2D eigenvalue weighted by Crippen LogP contribution is -2.26. The van der Waals surface area contributed by atoms with E-state index in [1.165, 1.54) is 13.3 Å². The summed E-state index contributed by atoms with van der Waals surface area (Å²) in [7, 11) is 0. The molecule has 1 saturated carbocycles. The molecular formula is C13H18ClNO3. The molecule has 1 aliphatic rings. The third kappa shape index (κ3) is 3.15. The highest BCUT2D eigenvalue weighted by molar-refractivity contribution is 5.85. The molecule has 0 heterocycles. The van der Waals surface area contributed by atoms with Crippen molar-refractivity contribution in [1.29, 1.82) is 0 Å². The number of phenols is 1. The molecule has 3 N–H and O–H groups in total. The van der Waals surface area contributed by atoms with Gasteiger partial charge in [0.2, 0.25) is 0 Å². The van der Waals surface area contributed by atoms with Crippen molar-refractivity contribution >= 4 is 18.4 Å². The van der Waals surface area contributed by atoms with Crippen molar-refractivity contribution in [3.05, 3.63) is 23.8 Å². The van der Waals surface area contributed by atoms with Gasteiger partial charge in [0.05, 0.1) is 0 Å². The number of benzene rings is 1. The smallest absolute Gasteiger partial charge is 0.308 e. The topological polar surface area (TPSA) is 72.5 Å². The van der Waals surface area contributed by atoms with Gasteiger partial charge in [0.25, 0.3) is 0 Å². The average Bonchev–Trinajstić information content (AvgIpc) is 2.17. The molecule has 1 atom stereocenters. The Morgan fingerprint density at radius 2 is 2.17 bits per heavy atom. The molecule has 0 aliphatic heterocycles. The molecule has 1 aromatic carbocycles. The Balaban J connectivity index is 0.00000162. The second-order valence-electron chi connectivity index (χ2n) is 4.54. The molecule has 0 unspecified atom stereocenters. The van der Waals surface area contributed by atoms with Crippen LogP contribution in [0.15, 0.2) is 18.2 Å². The zero-order chi connectivity index (χ0) is 12.4. The Hall–Kier alpha value is -1.26. The van der Waals surface area contributed by atoms with Gasteiger partial charge >= 0.3 is 5.97 Å². The lowest BCUT2D eigenvalue weighted by molar-refractivity contribution is -0.132. The molecule has 4 nitrogen and oxygen atoms in total. The van der Waals surface area contributed by atoms with E-state index in [9.17, 15) is 9.90 Å². The minimum absolute atomic E-state index is 0. The van der Waals surface area contributed by atoms with E-state index in [0.717, 1.165) is 18.4 Å². The number of halogens is 1. The van der Waals surface area contributed by atoms with Gasteiger partial charge in [0.1, 0.15) is 0 Å². The van der Waals surface area contributed by atoms with Crippen molar-refractivity contribution in [3.8, 4) is 11.5 Å². The molecule has 0 amide bonds. The zero-order valence-electron chi connectivity index (χ0n) is 10.3. The van der Waals surface area contributed by atoms with Gasteiger partial charge in [-0.25, -0.2) is 0 Å². The van der Waals surface area contributed by atoms with Crippen LogP contribution >= 0.6 is 12.4 Å². The summed E-state index contributed by atoms with van der Waals surface area (Å²) in [6.07, 6.45) is 3.52. The van der Waals surface area contributed by atoms with Crippen molar-refractivity contribution in [2.75, 3.05) is 0 Å². The summed E-state index contributed by atoms with van der Waals surface area (Å²) in [5.74, 6) is 0.208. The normalized spacial score (nSPS) is 16.3. The molecule has 0 saturated heterocycles. The van der Waals surface area contributed by atoms with Crippen LogP contribution in [0.3, 0.4) is 0 Å². The molecule has 5 heteroatoms. The van der Waals surface area contributed by atoms with Crippen molar-refractivity contribution < 1.29 is 14.6 Å². The molecule has 0 aromatic heterocycles. The van der Waals surface area contributed by atoms with Gasteiger partial charge in [0, 0.05) is 13.0 Å². The summed E-state index contributed by atoms with van der Waals surface area (Å²) in [6, 6.07) is 4.94. The summed E-state index contributed by atoms with van der Waals surface area (Å²) < 4.78 is 4.85. The van der Waals surface area contributed by atoms with Gasteiger partial charge in [-0.1, -0.05) is 12.5 Å². The van der Waals surface area contributed by atoms with Crippen LogP contribution in [0.4, 0.5) is 0 Å². The number of nitrogens with two attached hydrogens (primary N) is 1. The predicted octanol–water partition coefficient (Wildman–Crippen LogP) is 2.54. The van der Waals surface area contributed by atoms with Crippen molar-refractivity contribution in [3.63, 3.8) is 0 Å². The number of hydrogen-bond donors (Lipinski definition) is 2. The van der Waals surface area contributed by atoms with Gasteiger partial charge in [-0.2, -0.15) is 0 Å². The molecule has 0 radical (unpaired) electrons. The Morgan fingerprint density at radius 3 is 2.61 bits per heavy atom. The first kappa shape index (κ1) is 14.8. The van der Waals surface area contributed by atoms with Gasteiger partial charge < -0.3 is 15.6 Å². The van der Waals surface area contributed by atoms with Crippen LogP contribution in [0, 0.1) is 5.92 Å². The first-order valence-electron chi connectivity index (χ1n) is 5.85. The third-order valence-electron chi connectivity index (χ3n) is 3.28. The lowest BCUT2D eigenvalue weighted by Gasteiger charge is -2.31. The number of esters is 1. The van der Waals surface area contributed by atoms with Crippen LogP contribution in [0.25, 0.3) is 0 Å². The summed E-state index contributed by atoms with van der Waals surface area (Å²) in [5.41, 5.74) is 6.99. The second kappa shape index (κ2) is 6.07. The SMILES string of the molecule is CC(=O)Oc1ccc([C@H](N)C2CCC2)cc1O.Cl. The van der Waals surface area contributed by atoms with Crippen molar-refractivity contribution in [1.82, 2.24) is 0 Å². The number of carbonyl (C=O) groups is 1. The number of carbonyl (C=O) groups excluding carboxylic acids is 1. The molecular weight excluding hydrogens is 254 g/mol. The average molecular weight is 272 g/mol. The van der Waals surface area contributed by atoms with Crippen LogP contribution in [0.5, 0.6) is 11.5 Å². The fraction of sp³-hybridized carbons (Fsp3) is 0.462. The van der Waals surface area contributed by atoms with E-state index in [0.29, 0.717) is 5.92 Å². The van der Waals surface area contributed by atoms with E-state index in [4.69, 9.17) is 10.5 Å². The van der Waals surface area contributed by atoms with Crippen molar-refractivity contribution in [2.24, 2.45) is 11.7 Å². The Kier molecular flexibility index (Phi) is 4.99. The predicted molar refractivity (Wildman–Crippen MR) is 70.9 cm³/mol. The summed E-state index contributed by atoms with van der Waals surface area (Å²) >= 11 is 0. The van der Waals surface area contributed by atoms with Gasteiger partial charge in [-0.3, -0.25) is 4.79 Å². The zero-order valence-corrected chi connectivity index (χ0v) is 11.1. The first-order valence-corrected chi connectivity index (χ1v) is 5.85. The summed E-state index contributed by atoms with van der Waals surface area (Å²) in [6.45, 7) is 1.30. The number of rotatable bonds is 3. The second-order valence-corrected chi connectivity index (χ2v) is 4.54. The molecule has 1 aromatic rings. The monoisotopic (exact) mass is 271 g/mol. The van der Waals surface area contributed by atoms with Crippen LogP contribution < -0.4 is 10.5 Å². The van der Waals surface area contributed by atoms with E-state index >= 15 is 0 Å². The number of phenolic OH excluding ortho intramolecular Hbond substituents is 1. The quantitative estimate of drug-likeness (QED) is 0.655. The molecule has 18 heavy (non-hydrogen) atoms. The highest BCUT2D eigenvalue weighted by Gasteiger charge is 2.26. The van der Waals surface area contributed by atoms with E-state index in [1.54, 1.807) is 18.2 Å². The highest BCUT2D eigenvalue weighted by Crippen LogP contribution is 2.38. The number of hydrogen-bond acceptors (Lipinski definition) is 4. The van der Waals surface area contributed by atoms with Crippen LogP contribution in [-0.4, -0.2) is 11.1 Å². The maximum absolute atomic E-state index is 10.8. The number of aromatic hydroxyl groups is 1. The minimum atomic E-state index is -0.448. The van der Waals surface area contributed by atoms with E-state index < -0.39 is 5.97 Å². The Morgan fingerprint density at radius 1 is 1.50 bits per heavy atom. The molecule has 100 valence electrons. The van der Waals surface area contributed by atoms with E-state index in [1.807, 2.05) is 0 Å². The van der Waals surface area contributed by atoms with E-state index in [-0.39, 0.29) is 29.9 Å². The van der Waals surface area contributed by atoms with Crippen LogP contribution in [0.2, 0.25) is 0 Å². The third-order valence-corrected chi connectivity index (χ3v) is 3.28. The summed E-state index contributed by atoms with van der Waals surface area (Å²) in [5, 5.41) is 9.73. The fourth-order valence-corrected chi connectivity index (χ4v) is 2.05. The molecule has 1 fully saturated rings. The molecule has 0 spiro atoms. The lowest BCUT2D eigenvalue weighted by atomic mass is 9.77. The Bertz CT molecular complexity index is 432. The standard InChI is InChI=1S/C13H17NO3.ClH/c1-8(15)17-12-6-5-10(7-11(12)16)13(14)9-3-2-4-9;/h5-7,9,13,16H,2-4,14H2,1H3;1H/t13-;/m1./s1. The Labute approximate surface area is 113 Å². The fourth-order valence-electron chi connectivity index (χ4n) is 2.05. The van der Waals surface area contributed by atoms with Gasteiger partial charge in [0.15, 0.2) is 11.5 Å². The largest absolute Gasteiger partial charge is 0.504 e. The minimum Gasteiger partial charge on any atom is -0.504 e. The molecule has 1 aliphatic carbocycles. The first-order chi connectivity index (χ1) is 8.08. The highest BCUT2D eigenvalue weighted by atomic mass is 35.5. The van der Waals surface area contributed by atoms with Gasteiger partial charge in [-0.05, 0) is 36.5 Å². The van der Waals surface area contributed by atoms with Crippen LogP contribution in [-0.2, 0) is 4.79 Å². The maximum Gasteiger partial charge on any atom is 0.308 e. The van der Waals surface area contributed by atoms with Gasteiger partial charge in [-0.15, -0.1) is 12.4 Å². The molecule has 0 bridgehead atoms. The van der Waals surface area contributed by atoms with E-state index in [2.05, 4.69) is 0 Å².